The van der Waals surface area contributed by atoms with Gasteiger partial charge in [0, 0.05) is 38.1 Å². The number of benzene rings is 1. The first-order valence-corrected chi connectivity index (χ1v) is 9.61. The van der Waals surface area contributed by atoms with Crippen molar-refractivity contribution in [2.75, 3.05) is 40.0 Å². The van der Waals surface area contributed by atoms with Crippen molar-refractivity contribution in [3.05, 3.63) is 53.9 Å². The van der Waals surface area contributed by atoms with Crippen LogP contribution < -0.4 is 4.74 Å². The van der Waals surface area contributed by atoms with Gasteiger partial charge in [0.05, 0.1) is 26.4 Å². The lowest BCUT2D eigenvalue weighted by molar-refractivity contribution is -0.144. The Morgan fingerprint density at radius 1 is 1.07 bits per heavy atom. The summed E-state index contributed by atoms with van der Waals surface area (Å²) in [6, 6.07) is 11.6. The van der Waals surface area contributed by atoms with Gasteiger partial charge in [0.15, 0.2) is 0 Å². The van der Waals surface area contributed by atoms with E-state index in [4.69, 9.17) is 9.47 Å². The Labute approximate surface area is 164 Å². The van der Waals surface area contributed by atoms with E-state index in [2.05, 4.69) is 4.57 Å². The lowest BCUT2D eigenvalue weighted by Gasteiger charge is -2.38. The molecule has 1 aromatic heterocycles. The molecule has 2 aromatic rings. The Bertz CT molecular complexity index is 857. The molecule has 148 valence electrons. The van der Waals surface area contributed by atoms with Crippen LogP contribution in [0.15, 0.2) is 42.6 Å². The number of carbonyl (C=O) groups is 2. The van der Waals surface area contributed by atoms with Gasteiger partial charge >= 0.3 is 0 Å². The first-order valence-electron chi connectivity index (χ1n) is 9.61. The zero-order chi connectivity index (χ0) is 19.5. The Balaban J connectivity index is 1.59. The van der Waals surface area contributed by atoms with Gasteiger partial charge in [-0.1, -0.05) is 12.1 Å². The highest BCUT2D eigenvalue weighted by molar-refractivity contribution is 5.97. The second-order valence-electron chi connectivity index (χ2n) is 7.06. The lowest BCUT2D eigenvalue weighted by atomic mass is 9.99. The molecule has 2 amide bonds. The Morgan fingerprint density at radius 2 is 1.89 bits per heavy atom. The van der Waals surface area contributed by atoms with E-state index in [9.17, 15) is 9.59 Å². The van der Waals surface area contributed by atoms with E-state index in [1.165, 1.54) is 0 Å². The molecule has 0 aliphatic carbocycles. The molecule has 0 radical (unpaired) electrons. The topological polar surface area (TPSA) is 64.0 Å². The molecule has 1 fully saturated rings. The van der Waals surface area contributed by atoms with E-state index in [0.29, 0.717) is 32.8 Å². The largest absolute Gasteiger partial charge is 0.497 e. The molecule has 1 aromatic carbocycles. The van der Waals surface area contributed by atoms with Gasteiger partial charge in [-0.25, -0.2) is 0 Å². The highest BCUT2D eigenvalue weighted by atomic mass is 16.5. The molecular formula is C21H25N3O4. The summed E-state index contributed by atoms with van der Waals surface area (Å²) in [6.07, 6.45) is 1.92. The predicted octanol–water partition coefficient (Wildman–Crippen LogP) is 1.68. The normalized spacial score (nSPS) is 19.2. The van der Waals surface area contributed by atoms with E-state index < -0.39 is 0 Å². The fourth-order valence-electron chi connectivity index (χ4n) is 3.97. The summed E-state index contributed by atoms with van der Waals surface area (Å²) in [7, 11) is 1.63. The molecule has 2 aliphatic rings. The maximum atomic E-state index is 13.1. The number of hydrogen-bond acceptors (Lipinski definition) is 4. The van der Waals surface area contributed by atoms with Crippen LogP contribution in [0, 0.1) is 0 Å². The average Bonchev–Trinajstić information content (AvgIpc) is 3.22. The predicted molar refractivity (Wildman–Crippen MR) is 103 cm³/mol. The van der Waals surface area contributed by atoms with Crippen molar-refractivity contribution in [1.29, 1.82) is 0 Å². The summed E-state index contributed by atoms with van der Waals surface area (Å²) in [5.74, 6) is 0.480. The summed E-state index contributed by atoms with van der Waals surface area (Å²) in [6.45, 7) is 3.45. The number of amides is 2. The zero-order valence-corrected chi connectivity index (χ0v) is 16.0. The molecule has 3 heterocycles. The molecule has 0 N–H and O–H groups in total. The van der Waals surface area contributed by atoms with Crippen LogP contribution in [0.3, 0.4) is 0 Å². The highest BCUT2D eigenvalue weighted by Gasteiger charge is 2.33. The van der Waals surface area contributed by atoms with Crippen LogP contribution in [0.4, 0.5) is 0 Å². The van der Waals surface area contributed by atoms with Crippen LogP contribution in [0.1, 0.15) is 23.7 Å². The lowest BCUT2D eigenvalue weighted by Crippen LogP contribution is -2.46. The molecule has 0 bridgehead atoms. The van der Waals surface area contributed by atoms with Gasteiger partial charge < -0.3 is 23.8 Å². The summed E-state index contributed by atoms with van der Waals surface area (Å²) < 4.78 is 12.8. The van der Waals surface area contributed by atoms with Crippen molar-refractivity contribution in [3.63, 3.8) is 0 Å². The number of hydrogen-bond donors (Lipinski definition) is 0. The van der Waals surface area contributed by atoms with E-state index in [1.54, 1.807) is 12.0 Å². The highest BCUT2D eigenvalue weighted by Crippen LogP contribution is 2.34. The third-order valence-electron chi connectivity index (χ3n) is 5.43. The minimum atomic E-state index is -0.233. The standard InChI is InChI=1S/C21H25N3O4/c1-27-17-5-2-4-16(14-17)21-18-6-3-7-22(18)8-9-24(21)20(26)15-19(25)23-10-12-28-13-11-23/h2-7,14,21H,8-13,15H2,1H3/t21-/m0/s1. The summed E-state index contributed by atoms with van der Waals surface area (Å²) in [5.41, 5.74) is 2.03. The van der Waals surface area contributed by atoms with Crippen LogP contribution >= 0.6 is 0 Å². The molecule has 1 saturated heterocycles. The van der Waals surface area contributed by atoms with E-state index >= 15 is 0 Å². The molecule has 1 atom stereocenters. The minimum absolute atomic E-state index is 0.110. The van der Waals surface area contributed by atoms with Gasteiger partial charge in [-0.05, 0) is 29.8 Å². The fraction of sp³-hybridized carbons (Fsp3) is 0.429. The average molecular weight is 383 g/mol. The number of ether oxygens (including phenoxy) is 2. The third kappa shape index (κ3) is 3.62. The van der Waals surface area contributed by atoms with Crippen molar-refractivity contribution >= 4 is 11.8 Å². The number of aromatic nitrogens is 1. The second-order valence-corrected chi connectivity index (χ2v) is 7.06. The monoisotopic (exact) mass is 383 g/mol. The van der Waals surface area contributed by atoms with Gasteiger partial charge in [-0.3, -0.25) is 9.59 Å². The molecule has 2 aliphatic heterocycles. The molecule has 28 heavy (non-hydrogen) atoms. The first-order chi connectivity index (χ1) is 13.7. The van der Waals surface area contributed by atoms with Crippen molar-refractivity contribution in [2.45, 2.75) is 19.0 Å². The van der Waals surface area contributed by atoms with Gasteiger partial charge in [0.2, 0.25) is 11.8 Å². The fourth-order valence-corrected chi connectivity index (χ4v) is 3.97. The Morgan fingerprint density at radius 3 is 2.68 bits per heavy atom. The maximum Gasteiger partial charge on any atom is 0.232 e. The summed E-state index contributed by atoms with van der Waals surface area (Å²) in [5, 5.41) is 0. The number of methoxy groups -OCH3 is 1. The van der Waals surface area contributed by atoms with Gasteiger partial charge in [0.25, 0.3) is 0 Å². The Hall–Kier alpha value is -2.80. The van der Waals surface area contributed by atoms with Crippen LogP contribution in [0.2, 0.25) is 0 Å². The third-order valence-corrected chi connectivity index (χ3v) is 5.43. The van der Waals surface area contributed by atoms with Crippen LogP contribution in [-0.4, -0.2) is 66.1 Å². The van der Waals surface area contributed by atoms with Crippen molar-refractivity contribution in [1.82, 2.24) is 14.4 Å². The maximum absolute atomic E-state index is 13.1. The van der Waals surface area contributed by atoms with Gasteiger partial charge in [-0.15, -0.1) is 0 Å². The molecule has 0 unspecified atom stereocenters. The SMILES string of the molecule is COc1cccc([C@H]2c3cccn3CCN2C(=O)CC(=O)N2CCOCC2)c1. The summed E-state index contributed by atoms with van der Waals surface area (Å²) >= 11 is 0. The Kier molecular flexibility index (Phi) is 5.34. The van der Waals surface area contributed by atoms with Crippen LogP contribution in [-0.2, 0) is 20.9 Å². The van der Waals surface area contributed by atoms with E-state index in [0.717, 1.165) is 23.6 Å². The van der Waals surface area contributed by atoms with Gasteiger partial charge in [-0.2, -0.15) is 0 Å². The van der Waals surface area contributed by atoms with Gasteiger partial charge in [0.1, 0.15) is 12.2 Å². The molecule has 0 saturated carbocycles. The molecule has 7 nitrogen and oxygen atoms in total. The van der Waals surface area contributed by atoms with E-state index in [-0.39, 0.29) is 24.3 Å². The molecule has 7 heteroatoms. The molecule has 4 rings (SSSR count). The number of nitrogens with zero attached hydrogens (tertiary/aromatic N) is 3. The van der Waals surface area contributed by atoms with Crippen molar-refractivity contribution < 1.29 is 19.1 Å². The number of rotatable bonds is 4. The first kappa shape index (κ1) is 18.6. The zero-order valence-electron chi connectivity index (χ0n) is 16.0. The second kappa shape index (κ2) is 8.06. The van der Waals surface area contributed by atoms with E-state index in [1.807, 2.05) is 47.5 Å². The summed E-state index contributed by atoms with van der Waals surface area (Å²) in [4.78, 5) is 29.3. The van der Waals surface area contributed by atoms with Crippen LogP contribution in [0.5, 0.6) is 5.75 Å². The van der Waals surface area contributed by atoms with Crippen molar-refractivity contribution in [2.24, 2.45) is 0 Å². The van der Waals surface area contributed by atoms with Crippen LogP contribution in [0.25, 0.3) is 0 Å². The quantitative estimate of drug-likeness (QED) is 0.754. The molecular weight excluding hydrogens is 358 g/mol. The van der Waals surface area contributed by atoms with Crippen molar-refractivity contribution in [3.8, 4) is 5.75 Å². The smallest absolute Gasteiger partial charge is 0.232 e. The number of carbonyl (C=O) groups excluding carboxylic acids is 2. The number of morpholine rings is 1. The molecule has 0 spiro atoms. The number of fused-ring (bicyclic) bond motifs is 1. The minimum Gasteiger partial charge on any atom is -0.497 e.